The van der Waals surface area contributed by atoms with E-state index in [1.54, 1.807) is 12.1 Å². The second-order valence-electron chi connectivity index (χ2n) is 5.70. The van der Waals surface area contributed by atoms with Crippen molar-refractivity contribution in [3.8, 4) is 11.8 Å². The number of ether oxygens (including phenoxy) is 1. The normalized spacial score (nSPS) is 16.2. The van der Waals surface area contributed by atoms with Crippen LogP contribution in [0.4, 0.5) is 18.9 Å². The summed E-state index contributed by atoms with van der Waals surface area (Å²) in [5.74, 6) is -0.373. The van der Waals surface area contributed by atoms with Crippen molar-refractivity contribution in [2.75, 3.05) is 18.5 Å². The number of rotatable bonds is 6. The van der Waals surface area contributed by atoms with Gasteiger partial charge in [0.15, 0.2) is 6.61 Å². The first-order valence-electron chi connectivity index (χ1n) is 7.58. The summed E-state index contributed by atoms with van der Waals surface area (Å²) in [4.78, 5) is 12.0. The standard InChI is InChI=1S/C16H18F3N3O2/c17-16(18,19)11-24-13-6-2-1-5-12(13)21-9-14(23)22-15(10-20)7-3-4-8-15/h1-2,5-6,21H,3-4,7-9,11H2,(H,22,23). The lowest BCUT2D eigenvalue weighted by Crippen LogP contribution is -2.47. The van der Waals surface area contributed by atoms with Gasteiger partial charge in [-0.25, -0.2) is 0 Å². The van der Waals surface area contributed by atoms with Crippen molar-refractivity contribution in [1.82, 2.24) is 5.32 Å². The second-order valence-corrected chi connectivity index (χ2v) is 5.70. The highest BCUT2D eigenvalue weighted by molar-refractivity contribution is 5.82. The van der Waals surface area contributed by atoms with Crippen LogP contribution in [0.25, 0.3) is 0 Å². The molecule has 0 aliphatic heterocycles. The fraction of sp³-hybridized carbons (Fsp3) is 0.500. The lowest BCUT2D eigenvalue weighted by Gasteiger charge is -2.22. The molecule has 24 heavy (non-hydrogen) atoms. The molecular weight excluding hydrogens is 323 g/mol. The molecule has 1 amide bonds. The zero-order valence-corrected chi connectivity index (χ0v) is 12.9. The minimum absolute atomic E-state index is 0.0125. The maximum Gasteiger partial charge on any atom is 0.422 e. The quantitative estimate of drug-likeness (QED) is 0.834. The average Bonchev–Trinajstić information content (AvgIpc) is 3.00. The number of nitrogens with one attached hydrogen (secondary N) is 2. The Morgan fingerprint density at radius 2 is 1.96 bits per heavy atom. The highest BCUT2D eigenvalue weighted by Crippen LogP contribution is 2.29. The number of carbonyl (C=O) groups excluding carboxylic acids is 1. The van der Waals surface area contributed by atoms with E-state index in [0.29, 0.717) is 12.8 Å². The molecule has 1 fully saturated rings. The van der Waals surface area contributed by atoms with Crippen LogP contribution in [0, 0.1) is 11.3 Å². The SMILES string of the molecule is N#CC1(NC(=O)CNc2ccccc2OCC(F)(F)F)CCCC1. The summed E-state index contributed by atoms with van der Waals surface area (Å²) >= 11 is 0. The van der Waals surface area contributed by atoms with Crippen LogP contribution in [-0.2, 0) is 4.79 Å². The number of para-hydroxylation sites is 2. The van der Waals surface area contributed by atoms with Crippen LogP contribution in [0.15, 0.2) is 24.3 Å². The van der Waals surface area contributed by atoms with E-state index in [4.69, 9.17) is 4.74 Å². The van der Waals surface area contributed by atoms with Gasteiger partial charge in [-0.3, -0.25) is 4.79 Å². The number of hydrogen-bond acceptors (Lipinski definition) is 4. The number of benzene rings is 1. The number of amides is 1. The van der Waals surface area contributed by atoms with Crippen LogP contribution in [0.2, 0.25) is 0 Å². The van der Waals surface area contributed by atoms with Crippen LogP contribution in [-0.4, -0.2) is 30.8 Å². The Kier molecular flexibility index (Phi) is 5.54. The van der Waals surface area contributed by atoms with Crippen LogP contribution in [0.3, 0.4) is 0 Å². The molecule has 1 aromatic rings. The van der Waals surface area contributed by atoms with Crippen molar-refractivity contribution in [3.05, 3.63) is 24.3 Å². The van der Waals surface area contributed by atoms with Crippen molar-refractivity contribution in [2.24, 2.45) is 0 Å². The predicted octanol–water partition coefficient (Wildman–Crippen LogP) is 2.99. The summed E-state index contributed by atoms with van der Waals surface area (Å²) in [6.45, 7) is -1.56. The molecule has 0 atom stereocenters. The van der Waals surface area contributed by atoms with E-state index >= 15 is 0 Å². The van der Waals surface area contributed by atoms with Gasteiger partial charge >= 0.3 is 6.18 Å². The molecule has 0 spiro atoms. The van der Waals surface area contributed by atoms with Crippen molar-refractivity contribution >= 4 is 11.6 Å². The van der Waals surface area contributed by atoms with Crippen molar-refractivity contribution in [3.63, 3.8) is 0 Å². The van der Waals surface area contributed by atoms with E-state index in [1.165, 1.54) is 12.1 Å². The Morgan fingerprint density at radius 3 is 2.58 bits per heavy atom. The van der Waals surface area contributed by atoms with E-state index in [9.17, 15) is 23.2 Å². The van der Waals surface area contributed by atoms with E-state index in [2.05, 4.69) is 16.7 Å². The van der Waals surface area contributed by atoms with Crippen LogP contribution in [0.1, 0.15) is 25.7 Å². The first-order chi connectivity index (χ1) is 11.3. The first kappa shape index (κ1) is 17.9. The van der Waals surface area contributed by atoms with Gasteiger partial charge in [-0.05, 0) is 37.8 Å². The van der Waals surface area contributed by atoms with Gasteiger partial charge in [-0.2, -0.15) is 18.4 Å². The molecule has 5 nitrogen and oxygen atoms in total. The third kappa shape index (κ3) is 5.05. The van der Waals surface area contributed by atoms with Crippen molar-refractivity contribution in [2.45, 2.75) is 37.4 Å². The smallest absolute Gasteiger partial charge is 0.422 e. The summed E-state index contributed by atoms with van der Waals surface area (Å²) in [5.41, 5.74) is -0.542. The minimum Gasteiger partial charge on any atom is -0.482 e. The average molecular weight is 341 g/mol. The van der Waals surface area contributed by atoms with Crippen LogP contribution < -0.4 is 15.4 Å². The lowest BCUT2D eigenvalue weighted by molar-refractivity contribution is -0.153. The molecule has 0 unspecified atom stereocenters. The van der Waals surface area contributed by atoms with Gasteiger partial charge in [0.05, 0.1) is 18.3 Å². The Morgan fingerprint density at radius 1 is 1.29 bits per heavy atom. The zero-order valence-electron chi connectivity index (χ0n) is 12.9. The number of alkyl halides is 3. The molecule has 0 saturated heterocycles. The lowest BCUT2D eigenvalue weighted by atomic mass is 10.00. The monoisotopic (exact) mass is 341 g/mol. The molecule has 0 heterocycles. The van der Waals surface area contributed by atoms with E-state index in [-0.39, 0.29) is 23.9 Å². The zero-order chi connectivity index (χ0) is 17.6. The third-order valence-corrected chi connectivity index (χ3v) is 3.77. The molecule has 2 rings (SSSR count). The highest BCUT2D eigenvalue weighted by atomic mass is 19.4. The van der Waals surface area contributed by atoms with E-state index in [0.717, 1.165) is 12.8 Å². The molecule has 130 valence electrons. The summed E-state index contributed by atoms with van der Waals surface area (Å²) in [7, 11) is 0. The molecule has 1 aliphatic rings. The Balaban J connectivity index is 1.92. The molecule has 0 radical (unpaired) electrons. The highest BCUT2D eigenvalue weighted by Gasteiger charge is 2.35. The third-order valence-electron chi connectivity index (χ3n) is 3.77. The minimum atomic E-state index is -4.44. The molecule has 0 aromatic heterocycles. The number of hydrogen-bond donors (Lipinski definition) is 2. The summed E-state index contributed by atoms with van der Waals surface area (Å²) in [6, 6.07) is 8.22. The van der Waals surface area contributed by atoms with Crippen LogP contribution >= 0.6 is 0 Å². The fourth-order valence-electron chi connectivity index (χ4n) is 2.63. The van der Waals surface area contributed by atoms with Gasteiger partial charge in [-0.15, -0.1) is 0 Å². The molecule has 1 aromatic carbocycles. The number of nitriles is 1. The second kappa shape index (κ2) is 7.43. The Bertz CT molecular complexity index is 620. The number of anilines is 1. The maximum atomic E-state index is 12.3. The number of halogens is 3. The fourth-order valence-corrected chi connectivity index (χ4v) is 2.63. The first-order valence-corrected chi connectivity index (χ1v) is 7.58. The summed E-state index contributed by atoms with van der Waals surface area (Å²) < 4.78 is 41.5. The van der Waals surface area contributed by atoms with Gasteiger partial charge in [0.1, 0.15) is 11.3 Å². The van der Waals surface area contributed by atoms with Crippen molar-refractivity contribution in [1.29, 1.82) is 5.26 Å². The Labute approximate surface area is 137 Å². The Hall–Kier alpha value is -2.43. The van der Waals surface area contributed by atoms with Gasteiger partial charge in [0.2, 0.25) is 5.91 Å². The molecular formula is C16H18F3N3O2. The summed E-state index contributed by atoms with van der Waals surface area (Å²) in [6.07, 6.45) is -1.45. The molecule has 2 N–H and O–H groups in total. The van der Waals surface area contributed by atoms with E-state index in [1.807, 2.05) is 0 Å². The summed E-state index contributed by atoms with van der Waals surface area (Å²) in [5, 5.41) is 14.7. The van der Waals surface area contributed by atoms with Crippen molar-refractivity contribution < 1.29 is 22.7 Å². The van der Waals surface area contributed by atoms with Gasteiger partial charge in [-0.1, -0.05) is 12.1 Å². The number of nitrogens with zero attached hydrogens (tertiary/aromatic N) is 1. The largest absolute Gasteiger partial charge is 0.482 e. The molecule has 1 saturated carbocycles. The van der Waals surface area contributed by atoms with E-state index < -0.39 is 18.3 Å². The van der Waals surface area contributed by atoms with Gasteiger partial charge in [0, 0.05) is 0 Å². The predicted molar refractivity (Wildman–Crippen MR) is 81.4 cm³/mol. The molecule has 8 heteroatoms. The van der Waals surface area contributed by atoms with Gasteiger partial charge < -0.3 is 15.4 Å². The number of carbonyl (C=O) groups is 1. The maximum absolute atomic E-state index is 12.3. The topological polar surface area (TPSA) is 74.2 Å². The van der Waals surface area contributed by atoms with Gasteiger partial charge in [0.25, 0.3) is 0 Å². The molecule has 0 bridgehead atoms. The molecule has 1 aliphatic carbocycles. The van der Waals surface area contributed by atoms with Crippen LogP contribution in [0.5, 0.6) is 5.75 Å².